The number of aryl methyl sites for hydroxylation is 1. The molecule has 1 aliphatic rings. The summed E-state index contributed by atoms with van der Waals surface area (Å²) in [5.41, 5.74) is 4.78. The summed E-state index contributed by atoms with van der Waals surface area (Å²) in [6, 6.07) is 8.50. The Labute approximate surface area is 169 Å². The van der Waals surface area contributed by atoms with Gasteiger partial charge in [0.15, 0.2) is 0 Å². The normalized spacial score (nSPS) is 19.4. The fourth-order valence-corrected chi connectivity index (χ4v) is 4.45. The Morgan fingerprint density at radius 2 is 2.07 bits per heavy atom. The first-order chi connectivity index (χ1) is 13.4. The third-order valence-electron chi connectivity index (χ3n) is 5.32. The van der Waals surface area contributed by atoms with Gasteiger partial charge in [-0.15, -0.1) is 24.2 Å². The summed E-state index contributed by atoms with van der Waals surface area (Å²) in [6.45, 7) is 8.95. The summed E-state index contributed by atoms with van der Waals surface area (Å²) >= 11 is 1.71. The molecule has 2 aromatic heterocycles. The summed E-state index contributed by atoms with van der Waals surface area (Å²) < 4.78 is 14.9. The minimum absolute atomic E-state index is 0.184. The summed E-state index contributed by atoms with van der Waals surface area (Å²) in [6.07, 6.45) is 10.5. The van der Waals surface area contributed by atoms with E-state index < -0.39 is 5.95 Å². The third-order valence-corrected chi connectivity index (χ3v) is 6.28. The average Bonchev–Trinajstić information content (AvgIpc) is 3.17. The first kappa shape index (κ1) is 20.1. The molecule has 0 saturated carbocycles. The minimum Gasteiger partial charge on any atom is -0.366 e. The number of thiophene rings is 1. The van der Waals surface area contributed by atoms with E-state index in [2.05, 4.69) is 72.2 Å². The van der Waals surface area contributed by atoms with Crippen molar-refractivity contribution in [1.82, 2.24) is 15.2 Å². The number of terminal acetylenes is 1. The highest BCUT2D eigenvalue weighted by atomic mass is 32.1. The third kappa shape index (κ3) is 3.54. The van der Waals surface area contributed by atoms with Crippen molar-refractivity contribution in [2.75, 3.05) is 13.7 Å². The Kier molecular flexibility index (Phi) is 5.55. The highest BCUT2D eigenvalue weighted by molar-refractivity contribution is 7.17. The average molecular weight is 394 g/mol. The second kappa shape index (κ2) is 7.75. The SMILES string of the molecule is C#C.C=C1C[C@@](C)(c2cc(-c3cnc(F)c(C)c3)c3sccc3c2)NCN1C. The molecule has 0 spiro atoms. The summed E-state index contributed by atoms with van der Waals surface area (Å²) in [5.74, 6) is -0.410. The molecule has 1 saturated heterocycles. The van der Waals surface area contributed by atoms with Crippen LogP contribution in [0, 0.1) is 25.7 Å². The number of pyridine rings is 1. The molecule has 1 aromatic carbocycles. The Hall–Kier alpha value is -2.68. The van der Waals surface area contributed by atoms with E-state index in [0.717, 1.165) is 29.9 Å². The van der Waals surface area contributed by atoms with E-state index in [-0.39, 0.29) is 5.54 Å². The van der Waals surface area contributed by atoms with Crippen LogP contribution in [0.25, 0.3) is 21.2 Å². The largest absolute Gasteiger partial charge is 0.366 e. The van der Waals surface area contributed by atoms with Gasteiger partial charge in [0, 0.05) is 52.3 Å². The predicted octanol–water partition coefficient (Wildman–Crippen LogP) is 5.27. The molecular weight excluding hydrogens is 369 g/mol. The van der Waals surface area contributed by atoms with Crippen LogP contribution >= 0.6 is 11.3 Å². The lowest BCUT2D eigenvalue weighted by atomic mass is 9.84. The summed E-state index contributed by atoms with van der Waals surface area (Å²) in [4.78, 5) is 6.07. The maximum Gasteiger partial charge on any atom is 0.215 e. The minimum atomic E-state index is -0.410. The van der Waals surface area contributed by atoms with Gasteiger partial charge in [-0.2, -0.15) is 4.39 Å². The van der Waals surface area contributed by atoms with Crippen molar-refractivity contribution < 1.29 is 4.39 Å². The molecular formula is C23H24FN3S. The lowest BCUT2D eigenvalue weighted by Crippen LogP contribution is -2.50. The van der Waals surface area contributed by atoms with Crippen molar-refractivity contribution in [1.29, 1.82) is 0 Å². The van der Waals surface area contributed by atoms with Crippen molar-refractivity contribution in [3.8, 4) is 24.0 Å². The number of aromatic nitrogens is 1. The molecule has 0 unspecified atom stereocenters. The maximum absolute atomic E-state index is 13.6. The van der Waals surface area contributed by atoms with Gasteiger partial charge in [-0.1, -0.05) is 6.58 Å². The highest BCUT2D eigenvalue weighted by Gasteiger charge is 2.32. The summed E-state index contributed by atoms with van der Waals surface area (Å²) in [7, 11) is 2.05. The molecule has 0 bridgehead atoms. The molecule has 4 rings (SSSR count). The van der Waals surface area contributed by atoms with Crippen LogP contribution in [0.4, 0.5) is 4.39 Å². The van der Waals surface area contributed by atoms with Crippen LogP contribution in [0.5, 0.6) is 0 Å². The standard InChI is InChI=1S/C21H22FN3S.C2H2/c1-13-7-16(11-23-20(13)22)18-9-17(8-15-5-6-26-19(15)18)21(3)10-14(2)25(4)12-24-21;1-2/h5-9,11,24H,2,10,12H2,1,3-4H3;1-2H/t21-;/m0./s1. The number of nitrogens with one attached hydrogen (secondary N) is 1. The zero-order valence-corrected chi connectivity index (χ0v) is 17.2. The fourth-order valence-electron chi connectivity index (χ4n) is 3.53. The Morgan fingerprint density at radius 3 is 2.75 bits per heavy atom. The molecule has 3 aromatic rings. The molecule has 0 amide bonds. The maximum atomic E-state index is 13.6. The molecule has 1 aliphatic heterocycles. The second-order valence-corrected chi connectivity index (χ2v) is 8.22. The first-order valence-electron chi connectivity index (χ1n) is 8.99. The molecule has 3 heterocycles. The molecule has 1 fully saturated rings. The Balaban J connectivity index is 0.00000109. The molecule has 5 heteroatoms. The number of fused-ring (bicyclic) bond motifs is 1. The number of halogens is 1. The molecule has 1 N–H and O–H groups in total. The Morgan fingerprint density at radius 1 is 1.32 bits per heavy atom. The van der Waals surface area contributed by atoms with E-state index in [1.54, 1.807) is 24.5 Å². The van der Waals surface area contributed by atoms with Gasteiger partial charge in [0.1, 0.15) is 0 Å². The molecule has 144 valence electrons. The van der Waals surface area contributed by atoms with Gasteiger partial charge in [0.2, 0.25) is 5.95 Å². The Bertz CT molecular complexity index is 1050. The van der Waals surface area contributed by atoms with Crippen molar-refractivity contribution in [3.05, 3.63) is 65.2 Å². The topological polar surface area (TPSA) is 28.2 Å². The highest BCUT2D eigenvalue weighted by Crippen LogP contribution is 2.39. The molecule has 28 heavy (non-hydrogen) atoms. The van der Waals surface area contributed by atoms with E-state index in [9.17, 15) is 4.39 Å². The van der Waals surface area contributed by atoms with Crippen LogP contribution < -0.4 is 5.32 Å². The van der Waals surface area contributed by atoms with E-state index in [4.69, 9.17) is 0 Å². The van der Waals surface area contributed by atoms with Gasteiger partial charge in [0.25, 0.3) is 0 Å². The summed E-state index contributed by atoms with van der Waals surface area (Å²) in [5, 5.41) is 6.95. The lowest BCUT2D eigenvalue weighted by Gasteiger charge is -2.42. The number of benzene rings is 1. The zero-order chi connectivity index (χ0) is 20.5. The fraction of sp³-hybridized carbons (Fsp3) is 0.261. The van der Waals surface area contributed by atoms with E-state index in [1.165, 1.54) is 15.6 Å². The van der Waals surface area contributed by atoms with Crippen LogP contribution in [0.15, 0.2) is 48.1 Å². The molecule has 0 radical (unpaired) electrons. The lowest BCUT2D eigenvalue weighted by molar-refractivity contribution is 0.208. The van der Waals surface area contributed by atoms with Gasteiger partial charge in [-0.05, 0) is 54.4 Å². The smallest absolute Gasteiger partial charge is 0.215 e. The van der Waals surface area contributed by atoms with Crippen molar-refractivity contribution in [2.24, 2.45) is 0 Å². The number of nitrogens with zero attached hydrogens (tertiary/aromatic N) is 2. The quantitative estimate of drug-likeness (QED) is 0.475. The molecule has 3 nitrogen and oxygen atoms in total. The van der Waals surface area contributed by atoms with Gasteiger partial charge in [-0.25, -0.2) is 4.98 Å². The van der Waals surface area contributed by atoms with Crippen LogP contribution in [0.1, 0.15) is 24.5 Å². The van der Waals surface area contributed by atoms with Crippen LogP contribution in [0.3, 0.4) is 0 Å². The van der Waals surface area contributed by atoms with Crippen molar-refractivity contribution in [3.63, 3.8) is 0 Å². The van der Waals surface area contributed by atoms with Gasteiger partial charge >= 0.3 is 0 Å². The second-order valence-electron chi connectivity index (χ2n) is 7.30. The number of rotatable bonds is 2. The van der Waals surface area contributed by atoms with Crippen LogP contribution in [0.2, 0.25) is 0 Å². The van der Waals surface area contributed by atoms with Gasteiger partial charge in [-0.3, -0.25) is 5.32 Å². The van der Waals surface area contributed by atoms with E-state index >= 15 is 0 Å². The van der Waals surface area contributed by atoms with Crippen LogP contribution in [-0.4, -0.2) is 23.6 Å². The van der Waals surface area contributed by atoms with E-state index in [1.807, 2.05) is 6.07 Å². The molecule has 1 atom stereocenters. The van der Waals surface area contributed by atoms with Crippen molar-refractivity contribution >= 4 is 21.4 Å². The van der Waals surface area contributed by atoms with Gasteiger partial charge < -0.3 is 4.90 Å². The first-order valence-corrected chi connectivity index (χ1v) is 9.87. The predicted molar refractivity (Wildman–Crippen MR) is 117 cm³/mol. The molecule has 0 aliphatic carbocycles. The number of hydrogen-bond donors (Lipinski definition) is 1. The van der Waals surface area contributed by atoms with Crippen LogP contribution in [-0.2, 0) is 5.54 Å². The number of hydrogen-bond acceptors (Lipinski definition) is 4. The zero-order valence-electron chi connectivity index (χ0n) is 16.4. The van der Waals surface area contributed by atoms with Gasteiger partial charge in [0.05, 0.1) is 6.67 Å². The monoisotopic (exact) mass is 393 g/mol. The van der Waals surface area contributed by atoms with E-state index in [0.29, 0.717) is 5.56 Å². The van der Waals surface area contributed by atoms with Crippen molar-refractivity contribution in [2.45, 2.75) is 25.8 Å².